The third kappa shape index (κ3) is 0.886. The Hall–Kier alpha value is -1.70. The Morgan fingerprint density at radius 2 is 2.00 bits per heavy atom. The molecule has 2 aromatic rings. The molecule has 0 amide bonds. The van der Waals surface area contributed by atoms with E-state index in [4.69, 9.17) is 4.74 Å². The van der Waals surface area contributed by atoms with Crippen LogP contribution < -0.4 is 4.74 Å². The van der Waals surface area contributed by atoms with Crippen LogP contribution in [-0.4, -0.2) is 4.57 Å². The first kappa shape index (κ1) is 6.78. The Morgan fingerprint density at radius 3 is 3.00 bits per heavy atom. The van der Waals surface area contributed by atoms with Gasteiger partial charge in [0.1, 0.15) is 12.4 Å². The fourth-order valence-corrected chi connectivity index (χ4v) is 1.70. The van der Waals surface area contributed by atoms with Crippen molar-refractivity contribution in [2.75, 3.05) is 0 Å². The van der Waals surface area contributed by atoms with E-state index in [9.17, 15) is 0 Å². The quantitative estimate of drug-likeness (QED) is 0.593. The fourth-order valence-electron chi connectivity index (χ4n) is 1.70. The summed E-state index contributed by atoms with van der Waals surface area (Å²) in [6.45, 7) is 0.671. The van der Waals surface area contributed by atoms with Gasteiger partial charge in [-0.1, -0.05) is 12.1 Å². The summed E-state index contributed by atoms with van der Waals surface area (Å²) in [6, 6.07) is 12.2. The molecular formula is C11H9NO. The Labute approximate surface area is 76.4 Å². The van der Waals surface area contributed by atoms with E-state index in [0.717, 1.165) is 11.4 Å². The van der Waals surface area contributed by atoms with Crippen LogP contribution >= 0.6 is 0 Å². The van der Waals surface area contributed by atoms with Crippen LogP contribution in [0.2, 0.25) is 0 Å². The van der Waals surface area contributed by atoms with Crippen LogP contribution in [0.3, 0.4) is 0 Å². The van der Waals surface area contributed by atoms with E-state index in [-0.39, 0.29) is 0 Å². The SMILES string of the molecule is c1ccc2c(c1)OCc1cccn1-2. The summed E-state index contributed by atoms with van der Waals surface area (Å²) in [5.41, 5.74) is 2.34. The molecule has 0 spiro atoms. The van der Waals surface area contributed by atoms with E-state index < -0.39 is 0 Å². The van der Waals surface area contributed by atoms with Crippen LogP contribution in [0, 0.1) is 0 Å². The Morgan fingerprint density at radius 1 is 1.08 bits per heavy atom. The van der Waals surface area contributed by atoms with Crippen molar-refractivity contribution in [2.24, 2.45) is 0 Å². The second-order valence-electron chi connectivity index (χ2n) is 3.13. The molecule has 0 atom stereocenters. The summed E-state index contributed by atoms with van der Waals surface area (Å²) in [5, 5.41) is 0. The first-order valence-electron chi connectivity index (χ1n) is 4.33. The molecule has 1 aliphatic heterocycles. The summed E-state index contributed by atoms with van der Waals surface area (Å²) in [5.74, 6) is 0.964. The van der Waals surface area contributed by atoms with Crippen molar-refractivity contribution < 1.29 is 4.74 Å². The maximum atomic E-state index is 5.59. The van der Waals surface area contributed by atoms with Crippen molar-refractivity contribution in [1.29, 1.82) is 0 Å². The molecule has 2 heteroatoms. The van der Waals surface area contributed by atoms with Gasteiger partial charge in [0.2, 0.25) is 0 Å². The van der Waals surface area contributed by atoms with Crippen molar-refractivity contribution in [2.45, 2.75) is 6.61 Å². The zero-order chi connectivity index (χ0) is 8.67. The van der Waals surface area contributed by atoms with E-state index in [2.05, 4.69) is 22.9 Å². The lowest BCUT2D eigenvalue weighted by Crippen LogP contribution is -2.10. The normalized spacial score (nSPS) is 12.9. The fraction of sp³-hybridized carbons (Fsp3) is 0.0909. The second kappa shape index (κ2) is 2.39. The average molecular weight is 171 g/mol. The van der Waals surface area contributed by atoms with E-state index in [1.165, 1.54) is 5.69 Å². The molecule has 0 aliphatic carbocycles. The Kier molecular flexibility index (Phi) is 1.25. The maximum Gasteiger partial charge on any atom is 0.143 e. The van der Waals surface area contributed by atoms with Crippen LogP contribution in [0.15, 0.2) is 42.6 Å². The number of fused-ring (bicyclic) bond motifs is 3. The van der Waals surface area contributed by atoms with Crippen molar-refractivity contribution in [3.8, 4) is 11.4 Å². The number of hydrogen-bond donors (Lipinski definition) is 0. The molecule has 1 aliphatic rings. The van der Waals surface area contributed by atoms with Crippen LogP contribution in [-0.2, 0) is 6.61 Å². The van der Waals surface area contributed by atoms with Crippen molar-refractivity contribution in [3.05, 3.63) is 48.3 Å². The predicted octanol–water partition coefficient (Wildman–Crippen LogP) is 2.37. The van der Waals surface area contributed by atoms with Crippen LogP contribution in [0.25, 0.3) is 5.69 Å². The van der Waals surface area contributed by atoms with E-state index in [1.54, 1.807) is 0 Å². The molecular weight excluding hydrogens is 162 g/mol. The van der Waals surface area contributed by atoms with Gasteiger partial charge in [-0.3, -0.25) is 0 Å². The summed E-state index contributed by atoms with van der Waals surface area (Å²) in [4.78, 5) is 0. The van der Waals surface area contributed by atoms with Gasteiger partial charge in [-0.2, -0.15) is 0 Å². The first-order valence-corrected chi connectivity index (χ1v) is 4.33. The highest BCUT2D eigenvalue weighted by atomic mass is 16.5. The number of nitrogens with zero attached hydrogens (tertiary/aromatic N) is 1. The summed E-state index contributed by atoms with van der Waals surface area (Å²) >= 11 is 0. The summed E-state index contributed by atoms with van der Waals surface area (Å²) in [6.07, 6.45) is 2.07. The van der Waals surface area contributed by atoms with E-state index in [0.29, 0.717) is 6.61 Å². The number of benzene rings is 1. The van der Waals surface area contributed by atoms with Gasteiger partial charge in [-0.05, 0) is 24.3 Å². The number of hydrogen-bond acceptors (Lipinski definition) is 1. The number of ether oxygens (including phenoxy) is 1. The van der Waals surface area contributed by atoms with E-state index >= 15 is 0 Å². The lowest BCUT2D eigenvalue weighted by molar-refractivity contribution is 0.285. The highest BCUT2D eigenvalue weighted by Crippen LogP contribution is 2.29. The molecule has 0 bridgehead atoms. The third-order valence-electron chi connectivity index (χ3n) is 2.33. The molecule has 64 valence electrons. The average Bonchev–Trinajstić information content (AvgIpc) is 2.65. The zero-order valence-electron chi connectivity index (χ0n) is 7.10. The minimum absolute atomic E-state index is 0.671. The van der Waals surface area contributed by atoms with Gasteiger partial charge >= 0.3 is 0 Å². The zero-order valence-corrected chi connectivity index (χ0v) is 7.10. The number of aromatic nitrogens is 1. The predicted molar refractivity (Wildman–Crippen MR) is 50.1 cm³/mol. The second-order valence-corrected chi connectivity index (χ2v) is 3.13. The van der Waals surface area contributed by atoms with E-state index in [1.807, 2.05) is 24.3 Å². The van der Waals surface area contributed by atoms with Gasteiger partial charge < -0.3 is 9.30 Å². The molecule has 0 fully saturated rings. The van der Waals surface area contributed by atoms with Gasteiger partial charge in [0.25, 0.3) is 0 Å². The lowest BCUT2D eigenvalue weighted by Gasteiger charge is -2.19. The molecule has 1 aromatic carbocycles. The molecule has 0 N–H and O–H groups in total. The molecule has 0 saturated heterocycles. The summed E-state index contributed by atoms with van der Waals surface area (Å²) < 4.78 is 7.75. The molecule has 0 radical (unpaired) electrons. The first-order chi connectivity index (χ1) is 6.45. The molecule has 2 heterocycles. The molecule has 2 nitrogen and oxygen atoms in total. The Balaban J connectivity index is 2.30. The van der Waals surface area contributed by atoms with Crippen molar-refractivity contribution >= 4 is 0 Å². The van der Waals surface area contributed by atoms with Gasteiger partial charge in [0.05, 0.1) is 11.4 Å². The van der Waals surface area contributed by atoms with Crippen molar-refractivity contribution in [1.82, 2.24) is 4.57 Å². The standard InChI is InChI=1S/C11H9NO/c1-2-6-11-10(5-1)12-7-3-4-9(12)8-13-11/h1-7H,8H2. The summed E-state index contributed by atoms with van der Waals surface area (Å²) in [7, 11) is 0. The highest BCUT2D eigenvalue weighted by Gasteiger charge is 2.13. The van der Waals surface area contributed by atoms with Crippen molar-refractivity contribution in [3.63, 3.8) is 0 Å². The number of rotatable bonds is 0. The van der Waals surface area contributed by atoms with Crippen LogP contribution in [0.1, 0.15) is 5.69 Å². The molecule has 3 rings (SSSR count). The van der Waals surface area contributed by atoms with Crippen LogP contribution in [0.4, 0.5) is 0 Å². The monoisotopic (exact) mass is 171 g/mol. The molecule has 1 aromatic heterocycles. The lowest BCUT2D eigenvalue weighted by atomic mass is 10.2. The minimum atomic E-state index is 0.671. The highest BCUT2D eigenvalue weighted by molar-refractivity contribution is 5.49. The van der Waals surface area contributed by atoms with Gasteiger partial charge in [0.15, 0.2) is 0 Å². The Bertz CT molecular complexity index is 445. The largest absolute Gasteiger partial charge is 0.485 e. The van der Waals surface area contributed by atoms with Crippen LogP contribution in [0.5, 0.6) is 5.75 Å². The molecule has 13 heavy (non-hydrogen) atoms. The third-order valence-corrected chi connectivity index (χ3v) is 2.33. The minimum Gasteiger partial charge on any atom is -0.485 e. The molecule has 0 saturated carbocycles. The topological polar surface area (TPSA) is 14.2 Å². The van der Waals surface area contributed by atoms with Gasteiger partial charge in [-0.15, -0.1) is 0 Å². The smallest absolute Gasteiger partial charge is 0.143 e. The molecule has 0 unspecified atom stereocenters. The maximum absolute atomic E-state index is 5.59. The van der Waals surface area contributed by atoms with Gasteiger partial charge in [-0.25, -0.2) is 0 Å². The van der Waals surface area contributed by atoms with Gasteiger partial charge in [0, 0.05) is 6.20 Å². The number of para-hydroxylation sites is 2.